The number of likely N-dealkylation sites (tertiary alicyclic amines) is 1. The fourth-order valence-electron chi connectivity index (χ4n) is 28.8. The van der Waals surface area contributed by atoms with E-state index in [9.17, 15) is 9.59 Å². The van der Waals surface area contributed by atoms with E-state index in [-0.39, 0.29) is 11.0 Å². The zero-order valence-corrected chi connectivity index (χ0v) is 94.4. The van der Waals surface area contributed by atoms with Crippen LogP contribution < -0.4 is 31.9 Å². The minimum absolute atomic E-state index is 0.0640. The van der Waals surface area contributed by atoms with Crippen molar-refractivity contribution in [2.45, 2.75) is 398 Å². The fourth-order valence-corrected chi connectivity index (χ4v) is 28.8. The van der Waals surface area contributed by atoms with E-state index in [0.29, 0.717) is 28.6 Å². The highest BCUT2D eigenvalue weighted by Gasteiger charge is 2.50. The van der Waals surface area contributed by atoms with Gasteiger partial charge in [0.05, 0.1) is 47.4 Å². The number of rotatable bonds is 37. The average Bonchev–Trinajstić information content (AvgIpc) is 1.62. The van der Waals surface area contributed by atoms with Gasteiger partial charge in [-0.25, -0.2) is 0 Å². The molecule has 146 heavy (non-hydrogen) atoms. The molecule has 3 spiro atoms. The molecule has 15 heterocycles. The monoisotopic (exact) mass is 2020 g/mol. The van der Waals surface area contributed by atoms with Gasteiger partial charge in [0.15, 0.2) is 0 Å². The summed E-state index contributed by atoms with van der Waals surface area (Å²) in [5, 5.41) is 49.4. The predicted molar refractivity (Wildman–Crippen MR) is 590 cm³/mol. The molecule has 16 aliphatic rings. The number of hydrogen-bond acceptors (Lipinski definition) is 21. The highest BCUT2D eigenvalue weighted by Crippen LogP contribution is 2.56. The third-order valence-electron chi connectivity index (χ3n) is 38.1. The van der Waals surface area contributed by atoms with Crippen LogP contribution in [0.2, 0.25) is 0 Å². The van der Waals surface area contributed by atoms with Crippen LogP contribution in [0.4, 0.5) is 0 Å². The molecule has 6 aromatic rings. The van der Waals surface area contributed by atoms with Crippen LogP contribution in [-0.2, 0) is 131 Å². The number of nitrogens with zero attached hydrogens (tertiary/aromatic N) is 20. The summed E-state index contributed by atoms with van der Waals surface area (Å²) in [6, 6.07) is 0. The number of likely N-dealkylation sites (N-methyl/N-ethyl adjacent to an activating group) is 12. The van der Waals surface area contributed by atoms with Crippen LogP contribution in [0.5, 0.6) is 0 Å². The molecule has 7 aliphatic carbocycles. The van der Waals surface area contributed by atoms with E-state index in [4.69, 9.17) is 35.3 Å². The van der Waals surface area contributed by atoms with Crippen LogP contribution in [0.25, 0.3) is 5.57 Å². The highest BCUT2D eigenvalue weighted by molar-refractivity contribution is 5.86. The first-order chi connectivity index (χ1) is 70.8. The molecule has 29 heteroatoms. The minimum atomic E-state index is -0.0640. The van der Waals surface area contributed by atoms with Gasteiger partial charge >= 0.3 is 0 Å². The summed E-state index contributed by atoms with van der Waals surface area (Å²) >= 11 is 0. The Morgan fingerprint density at radius 1 is 0.342 bits per heavy atom. The SMILES string of the molecule is CNCCN(C)Cc1nn2c(c1C1=CCN(C(=O)C3(C)CC3)CC1)CCC2.CNCCN(C)Cc1nn2c(c1C1CCC(C)(C)CC1)CCC2.CNCCN(C)Cc1nn2c(c1C1CCC3(CC1)COC3)CCC2.CNCCN(C)Cc1nn2c(c1C1CCC3(CCC(=O)N3C)CC1)CCC2.CNCCN(C)Cc1nn2c(c1C1CCC3(CCCC3)CC1)CCC2.CNCCN(C)Cc1nn2c(c1C1CCCC1)CCC2. The normalized spacial score (nSPS) is 22.7. The molecule has 0 unspecified atom stereocenters. The molecule has 9 aliphatic heterocycles. The van der Waals surface area contributed by atoms with Crippen LogP contribution in [-0.4, -0.2) is 312 Å². The fraction of sp³-hybridized carbons (Fsp3) is 0.812. The van der Waals surface area contributed by atoms with Gasteiger partial charge in [-0.2, -0.15) is 30.6 Å². The second-order valence-corrected chi connectivity index (χ2v) is 49.7. The third-order valence-corrected chi connectivity index (χ3v) is 38.1. The maximum absolute atomic E-state index is 12.6. The van der Waals surface area contributed by atoms with Gasteiger partial charge in [-0.05, 0) is 362 Å². The first-order valence-corrected chi connectivity index (χ1v) is 59.1. The third kappa shape index (κ3) is 26.5. The molecule has 2 saturated heterocycles. The van der Waals surface area contributed by atoms with Crippen LogP contribution in [0, 0.1) is 21.7 Å². The number of carbonyl (C=O) groups is 2. The van der Waals surface area contributed by atoms with Crippen molar-refractivity contribution in [2.75, 3.05) is 196 Å². The summed E-state index contributed by atoms with van der Waals surface area (Å²) in [6.45, 7) is 35.6. The second-order valence-electron chi connectivity index (χ2n) is 49.7. The van der Waals surface area contributed by atoms with E-state index >= 15 is 0 Å². The topological polar surface area (TPSA) is 248 Å². The molecular weight excluding hydrogens is 1820 g/mol. The van der Waals surface area contributed by atoms with Crippen molar-refractivity contribution >= 4 is 17.4 Å². The number of aryl methyl sites for hydroxylation is 6. The van der Waals surface area contributed by atoms with Crippen molar-refractivity contribution in [1.29, 1.82) is 0 Å². The summed E-state index contributed by atoms with van der Waals surface area (Å²) in [7, 11) is 27.4. The van der Waals surface area contributed by atoms with Crippen molar-refractivity contribution in [3.8, 4) is 0 Å². The van der Waals surface area contributed by atoms with Crippen LogP contribution in [0.15, 0.2) is 6.08 Å². The first-order valence-electron chi connectivity index (χ1n) is 59.1. The predicted octanol–water partition coefficient (Wildman–Crippen LogP) is 15.2. The van der Waals surface area contributed by atoms with Crippen LogP contribution >= 0.6 is 0 Å². The molecule has 2 amide bonds. The Kier molecular flexibility index (Phi) is 38.6. The van der Waals surface area contributed by atoms with Gasteiger partial charge in [-0.15, -0.1) is 0 Å². The largest absolute Gasteiger partial charge is 0.380 e. The van der Waals surface area contributed by atoms with Gasteiger partial charge in [0.25, 0.3) is 0 Å². The lowest BCUT2D eigenvalue weighted by Gasteiger charge is -2.46. The van der Waals surface area contributed by atoms with Crippen LogP contribution in [0.1, 0.15) is 377 Å². The maximum atomic E-state index is 12.6. The minimum Gasteiger partial charge on any atom is -0.380 e. The van der Waals surface area contributed by atoms with Gasteiger partial charge < -0.3 is 46.4 Å². The second kappa shape index (κ2) is 51.0. The molecule has 22 rings (SSSR count). The molecule has 6 aromatic heterocycles. The molecule has 29 nitrogen and oxygen atoms in total. The maximum Gasteiger partial charge on any atom is 0.228 e. The van der Waals surface area contributed by atoms with Gasteiger partial charge in [0.1, 0.15) is 0 Å². The number of nitrogens with one attached hydrogen (secondary N) is 6. The van der Waals surface area contributed by atoms with E-state index < -0.39 is 0 Å². The summed E-state index contributed by atoms with van der Waals surface area (Å²) < 4.78 is 19.3. The summed E-state index contributed by atoms with van der Waals surface area (Å²) in [5.74, 6) is 4.36. The van der Waals surface area contributed by atoms with Gasteiger partial charge in [-0.3, -0.25) is 67.1 Å². The van der Waals surface area contributed by atoms with Crippen molar-refractivity contribution in [2.24, 2.45) is 21.7 Å². The Bertz CT molecular complexity index is 5170. The molecule has 0 radical (unpaired) electrons. The number of aromatic nitrogens is 12. The quantitative estimate of drug-likeness (QED) is 0.0212. The average molecular weight is 2020 g/mol. The number of fused-ring (bicyclic) bond motifs is 6. The van der Waals surface area contributed by atoms with Gasteiger partial charge in [0, 0.05) is 268 Å². The first kappa shape index (κ1) is 111. The molecular formula is C117H198N26O3. The standard InChI is InChI=1S/C21H33N5O.C21H35N5O.C21H36N4.C19H32N4O.C19H34N4.C16H28N4/c1-21(8-9-21)20(27)25-12-6-16(7-13-25)19-17(15-24(3)14-10-22-2)23-26-11-4-5-18(19)26;1-22-12-14-24(2)15-17-20(18-5-4-13-26(18)23-17)16-6-9-21(10-7-16)11-8-19(27)25(21)3;1-22-13-15-24(2)16-18-20(19-6-5-14-25(19)23-18)17-7-11-21(12-8-17)9-3-4-10-21;1-20-9-11-22(2)12-16-18(17-4-3-10-23(17)21-16)15-5-7-19(8-6-15)13-24-14-19;1-19(2)9-7-15(8-10-19)18-16(14-22(4)13-11-20-3)21-23-12-5-6-17(18)23;1-17-9-11-19(2)12-14-16(13-6-3-4-7-13)15-8-5-10-20(15)18-14/h6,22H,4-5,7-15H2,1-3H3;16,22H,4-15H2,1-3H3;17,22H,3-16H2,1-2H3;15,20H,3-14H2,1-2H3;15,20H,5-14H2,1-4H3;13,17H,3-12H2,1-2H3. The van der Waals surface area contributed by atoms with Crippen LogP contribution in [0.3, 0.4) is 0 Å². The lowest BCUT2D eigenvalue weighted by Crippen LogP contribution is -2.45. The smallest absolute Gasteiger partial charge is 0.228 e. The molecule has 7 saturated carbocycles. The van der Waals surface area contributed by atoms with Crippen molar-refractivity contribution in [3.63, 3.8) is 0 Å². The summed E-state index contributed by atoms with van der Waals surface area (Å²) in [5.41, 5.74) is 30.0. The molecule has 814 valence electrons. The number of amides is 2. The Hall–Kier alpha value is -6.58. The molecule has 0 aromatic carbocycles. The van der Waals surface area contributed by atoms with Crippen molar-refractivity contribution in [3.05, 3.63) is 108 Å². The molecule has 0 bridgehead atoms. The number of ether oxygens (including phenoxy) is 1. The van der Waals surface area contributed by atoms with Gasteiger partial charge in [-0.1, -0.05) is 52.5 Å². The summed E-state index contributed by atoms with van der Waals surface area (Å²) in [4.78, 5) is 43.2. The lowest BCUT2D eigenvalue weighted by atomic mass is 9.67. The Morgan fingerprint density at radius 3 is 0.945 bits per heavy atom. The molecule has 9 fully saturated rings. The lowest BCUT2D eigenvalue weighted by molar-refractivity contribution is -0.136. The Morgan fingerprint density at radius 2 is 0.644 bits per heavy atom. The number of hydrogen-bond donors (Lipinski definition) is 6. The van der Waals surface area contributed by atoms with Crippen molar-refractivity contribution < 1.29 is 14.3 Å². The highest BCUT2D eigenvalue weighted by atomic mass is 16.5. The van der Waals surface area contributed by atoms with E-state index in [2.05, 4.69) is 168 Å². The Labute approximate surface area is 880 Å². The summed E-state index contributed by atoms with van der Waals surface area (Å²) in [6.07, 6.45) is 54.8. The zero-order chi connectivity index (χ0) is 102. The van der Waals surface area contributed by atoms with E-state index in [1.807, 2.05) is 49.3 Å². The van der Waals surface area contributed by atoms with E-state index in [1.165, 1.54) is 269 Å². The Balaban J connectivity index is 0.000000120. The van der Waals surface area contributed by atoms with E-state index in [0.717, 1.165) is 264 Å². The van der Waals surface area contributed by atoms with Gasteiger partial charge in [0.2, 0.25) is 11.8 Å². The van der Waals surface area contributed by atoms with E-state index in [1.54, 1.807) is 50.6 Å². The number of carbonyl (C=O) groups excluding carboxylic acids is 2. The zero-order valence-electron chi connectivity index (χ0n) is 94.4. The molecule has 0 atom stereocenters. The molecule has 6 N–H and O–H groups in total. The van der Waals surface area contributed by atoms with Crippen molar-refractivity contribution in [1.82, 2.24) is 130 Å².